The van der Waals surface area contributed by atoms with E-state index in [1.54, 1.807) is 42.5 Å². The van der Waals surface area contributed by atoms with E-state index < -0.39 is 29.8 Å². The summed E-state index contributed by atoms with van der Waals surface area (Å²) >= 11 is 11.9. The van der Waals surface area contributed by atoms with Gasteiger partial charge in [0.25, 0.3) is 11.8 Å². The lowest BCUT2D eigenvalue weighted by molar-refractivity contribution is -0.123. The van der Waals surface area contributed by atoms with Crippen molar-refractivity contribution in [3.05, 3.63) is 52.5 Å². The molecule has 4 rings (SSSR count). The number of hydrogen-bond acceptors (Lipinski definition) is 7. The van der Waals surface area contributed by atoms with Gasteiger partial charge in [0.05, 0.1) is 17.8 Å². The summed E-state index contributed by atoms with van der Waals surface area (Å²) in [4.78, 5) is 39.0. The van der Waals surface area contributed by atoms with E-state index in [4.69, 9.17) is 27.9 Å². The van der Waals surface area contributed by atoms with Crippen molar-refractivity contribution in [3.8, 4) is 5.75 Å². The zero-order chi connectivity index (χ0) is 21.4. The van der Waals surface area contributed by atoms with Crippen molar-refractivity contribution in [3.63, 3.8) is 0 Å². The first kappa shape index (κ1) is 20.1. The van der Waals surface area contributed by atoms with Crippen LogP contribution in [0.4, 0.5) is 11.4 Å². The van der Waals surface area contributed by atoms with E-state index in [1.807, 2.05) is 0 Å². The van der Waals surface area contributed by atoms with Crippen molar-refractivity contribution in [2.75, 3.05) is 23.9 Å². The highest BCUT2D eigenvalue weighted by molar-refractivity contribution is 6.32. The van der Waals surface area contributed by atoms with Gasteiger partial charge < -0.3 is 10.1 Å². The van der Waals surface area contributed by atoms with Crippen LogP contribution in [0, 0.1) is 0 Å². The Morgan fingerprint density at radius 3 is 2.53 bits per heavy atom. The van der Waals surface area contributed by atoms with Gasteiger partial charge in [-0.25, -0.2) is 4.90 Å². The minimum absolute atomic E-state index is 0.262. The fraction of sp³-hybridized carbons (Fsp3) is 0.211. The Labute approximate surface area is 181 Å². The van der Waals surface area contributed by atoms with Crippen LogP contribution in [0.3, 0.4) is 0 Å². The molecule has 2 aromatic rings. The van der Waals surface area contributed by atoms with Crippen molar-refractivity contribution in [1.82, 2.24) is 5.01 Å². The Balaban J connectivity index is 1.46. The number of nitrogens with zero attached hydrogens (tertiary/aromatic N) is 4. The molecule has 2 aliphatic rings. The van der Waals surface area contributed by atoms with Gasteiger partial charge in [0.2, 0.25) is 5.91 Å². The van der Waals surface area contributed by atoms with E-state index in [9.17, 15) is 14.4 Å². The summed E-state index contributed by atoms with van der Waals surface area (Å²) in [5, 5.41) is 12.4. The molecule has 0 spiro atoms. The molecule has 1 N–H and O–H groups in total. The molecule has 0 saturated carbocycles. The molecule has 1 fully saturated rings. The zero-order valence-electron chi connectivity index (χ0n) is 15.6. The van der Waals surface area contributed by atoms with Gasteiger partial charge in [-0.3, -0.25) is 19.4 Å². The second-order valence-corrected chi connectivity index (χ2v) is 7.42. The molecular formula is C19H15Cl2N5O4. The summed E-state index contributed by atoms with van der Waals surface area (Å²) in [6.07, 6.45) is 0. The van der Waals surface area contributed by atoms with Gasteiger partial charge in [-0.2, -0.15) is 5.11 Å². The third-order valence-corrected chi connectivity index (χ3v) is 5.23. The number of imide groups is 1. The number of halogens is 2. The maximum atomic E-state index is 12.9. The average molecular weight is 448 g/mol. The van der Waals surface area contributed by atoms with Crippen LogP contribution in [0.25, 0.3) is 0 Å². The van der Waals surface area contributed by atoms with Crippen molar-refractivity contribution >= 4 is 52.3 Å². The number of ether oxygens (including phenoxy) is 1. The summed E-state index contributed by atoms with van der Waals surface area (Å²) in [6, 6.07) is 9.13. The van der Waals surface area contributed by atoms with Gasteiger partial charge in [-0.05, 0) is 42.5 Å². The predicted molar refractivity (Wildman–Crippen MR) is 110 cm³/mol. The summed E-state index contributed by atoms with van der Waals surface area (Å²) in [6.45, 7) is -0.262. The standard InChI is InChI=1S/C19H15Cl2N5O4/c1-30-14-7-4-11(8-13(14)21)22-15(27)9-25-17-16(23-24-25)18(28)26(19(17)29)12-5-2-10(20)3-6-12/h2-8,16-17H,9H2,1H3,(H,22,27)/t16-,17+/m0/s1. The summed E-state index contributed by atoms with van der Waals surface area (Å²) in [5.74, 6) is -0.970. The molecule has 0 aliphatic carbocycles. The first-order valence-electron chi connectivity index (χ1n) is 8.83. The van der Waals surface area contributed by atoms with Gasteiger partial charge in [0.1, 0.15) is 12.3 Å². The minimum Gasteiger partial charge on any atom is -0.495 e. The maximum absolute atomic E-state index is 12.9. The Bertz CT molecular complexity index is 1060. The molecule has 0 unspecified atom stereocenters. The maximum Gasteiger partial charge on any atom is 0.263 e. The SMILES string of the molecule is COc1ccc(NC(=O)CN2N=N[C@@H]3C(=O)N(c4ccc(Cl)cc4)C(=O)[C@@H]32)cc1Cl. The van der Waals surface area contributed by atoms with Crippen LogP contribution in [0.5, 0.6) is 5.75 Å². The van der Waals surface area contributed by atoms with E-state index in [1.165, 1.54) is 12.1 Å². The highest BCUT2D eigenvalue weighted by Gasteiger charge is 2.55. The van der Waals surface area contributed by atoms with Crippen LogP contribution < -0.4 is 15.0 Å². The largest absolute Gasteiger partial charge is 0.495 e. The number of rotatable bonds is 5. The number of hydrogen-bond donors (Lipinski definition) is 1. The van der Waals surface area contributed by atoms with Crippen LogP contribution in [0.2, 0.25) is 10.0 Å². The molecule has 9 nitrogen and oxygen atoms in total. The Kier molecular flexibility index (Phi) is 5.31. The number of benzene rings is 2. The number of nitrogens with one attached hydrogen (secondary N) is 1. The van der Waals surface area contributed by atoms with Crippen molar-refractivity contribution in [2.24, 2.45) is 10.3 Å². The lowest BCUT2D eigenvalue weighted by Gasteiger charge is -2.20. The van der Waals surface area contributed by atoms with E-state index in [0.29, 0.717) is 27.2 Å². The lowest BCUT2D eigenvalue weighted by Crippen LogP contribution is -2.43. The number of carbonyl (C=O) groups excluding carboxylic acids is 3. The monoisotopic (exact) mass is 447 g/mol. The molecule has 2 heterocycles. The number of fused-ring (bicyclic) bond motifs is 1. The fourth-order valence-electron chi connectivity index (χ4n) is 3.29. The van der Waals surface area contributed by atoms with Crippen LogP contribution in [0.1, 0.15) is 0 Å². The second-order valence-electron chi connectivity index (χ2n) is 6.58. The third kappa shape index (κ3) is 3.57. The summed E-state index contributed by atoms with van der Waals surface area (Å²) < 4.78 is 5.07. The van der Waals surface area contributed by atoms with Crippen LogP contribution in [0.15, 0.2) is 52.8 Å². The Morgan fingerprint density at radius 2 is 1.87 bits per heavy atom. The second kappa shape index (κ2) is 7.92. The van der Waals surface area contributed by atoms with Gasteiger partial charge in [0, 0.05) is 10.7 Å². The number of carbonyl (C=O) groups is 3. The van der Waals surface area contributed by atoms with Gasteiger partial charge in [0.15, 0.2) is 12.1 Å². The molecule has 11 heteroatoms. The van der Waals surface area contributed by atoms with Crippen LogP contribution >= 0.6 is 23.2 Å². The first-order chi connectivity index (χ1) is 14.4. The third-order valence-electron chi connectivity index (χ3n) is 4.68. The molecule has 2 aliphatic heterocycles. The molecule has 154 valence electrons. The molecule has 0 bridgehead atoms. The molecular weight excluding hydrogens is 433 g/mol. The quantitative estimate of drug-likeness (QED) is 0.709. The Hall–Kier alpha value is -3.17. The molecule has 1 saturated heterocycles. The molecule has 0 radical (unpaired) electrons. The number of anilines is 2. The highest BCUT2D eigenvalue weighted by Crippen LogP contribution is 2.32. The topological polar surface area (TPSA) is 104 Å². The number of amides is 3. The van der Waals surface area contributed by atoms with Gasteiger partial charge >= 0.3 is 0 Å². The molecule has 2 aromatic carbocycles. The predicted octanol–water partition coefficient (Wildman–Crippen LogP) is 2.93. The normalized spacial score (nSPS) is 20.0. The van der Waals surface area contributed by atoms with Gasteiger partial charge in [-0.1, -0.05) is 28.4 Å². The smallest absolute Gasteiger partial charge is 0.263 e. The lowest BCUT2D eigenvalue weighted by atomic mass is 10.1. The highest BCUT2D eigenvalue weighted by atomic mass is 35.5. The Morgan fingerprint density at radius 1 is 1.13 bits per heavy atom. The zero-order valence-corrected chi connectivity index (χ0v) is 17.1. The molecule has 30 heavy (non-hydrogen) atoms. The van der Waals surface area contributed by atoms with E-state index >= 15 is 0 Å². The van der Waals surface area contributed by atoms with Crippen molar-refractivity contribution in [1.29, 1.82) is 0 Å². The first-order valence-corrected chi connectivity index (χ1v) is 9.59. The van der Waals surface area contributed by atoms with E-state index in [0.717, 1.165) is 4.90 Å². The van der Waals surface area contributed by atoms with Crippen LogP contribution in [-0.2, 0) is 14.4 Å². The van der Waals surface area contributed by atoms with Crippen molar-refractivity contribution in [2.45, 2.75) is 12.1 Å². The van der Waals surface area contributed by atoms with Crippen LogP contribution in [-0.4, -0.2) is 48.5 Å². The summed E-state index contributed by atoms with van der Waals surface area (Å²) in [7, 11) is 1.49. The average Bonchev–Trinajstić information content (AvgIpc) is 3.23. The van der Waals surface area contributed by atoms with Gasteiger partial charge in [-0.15, -0.1) is 0 Å². The molecule has 3 amide bonds. The van der Waals surface area contributed by atoms with E-state index in [2.05, 4.69) is 15.7 Å². The fourth-order valence-corrected chi connectivity index (χ4v) is 3.67. The molecule has 2 atom stereocenters. The number of methoxy groups -OCH3 is 1. The minimum atomic E-state index is -0.989. The summed E-state index contributed by atoms with van der Waals surface area (Å²) in [5.41, 5.74) is 0.839. The van der Waals surface area contributed by atoms with Crippen molar-refractivity contribution < 1.29 is 19.1 Å². The van der Waals surface area contributed by atoms with E-state index in [-0.39, 0.29) is 6.54 Å². The molecule has 0 aromatic heterocycles.